The van der Waals surface area contributed by atoms with Gasteiger partial charge in [0.25, 0.3) is 0 Å². The smallest absolute Gasteiger partial charge is 0.165 e. The minimum Gasteiger partial charge on any atom is -0.309 e. The second kappa shape index (κ2) is 6.42. The molecule has 2 aromatic heterocycles. The van der Waals surface area contributed by atoms with E-state index in [1.54, 1.807) is 17.5 Å². The van der Waals surface area contributed by atoms with Crippen molar-refractivity contribution in [3.8, 4) is 10.6 Å². The van der Waals surface area contributed by atoms with Gasteiger partial charge >= 0.3 is 0 Å². The topological polar surface area (TPSA) is 49.0 Å². The lowest BCUT2D eigenvalue weighted by molar-refractivity contribution is 0.0910. The summed E-state index contributed by atoms with van der Waals surface area (Å²) < 4.78 is 1.17. The molecule has 0 amide bonds. The molecule has 2 heterocycles. The highest BCUT2D eigenvalue weighted by Crippen LogP contribution is 2.48. The Bertz CT molecular complexity index is 702. The van der Waals surface area contributed by atoms with Crippen molar-refractivity contribution in [1.29, 1.82) is 0 Å². The number of aromatic amines is 1. The van der Waals surface area contributed by atoms with Crippen LogP contribution >= 0.6 is 23.1 Å². The Morgan fingerprint density at radius 3 is 2.83 bits per heavy atom. The van der Waals surface area contributed by atoms with Gasteiger partial charge in [0.2, 0.25) is 0 Å². The molecule has 1 aliphatic rings. The van der Waals surface area contributed by atoms with Crippen LogP contribution in [0.1, 0.15) is 36.2 Å². The number of nitrogens with one attached hydrogen (secondary N) is 1. The van der Waals surface area contributed by atoms with E-state index in [4.69, 9.17) is 0 Å². The standard InChI is InChI=1S/C17H23N3OS2/c1-17(2)9-11-14(13(21)10-17)16(22-8-7-20(3)4)23-15(11)12-5-6-18-19-12/h5-6H,7-10H2,1-4H3,(H,18,19). The van der Waals surface area contributed by atoms with Gasteiger partial charge in [-0.3, -0.25) is 9.89 Å². The first-order valence-corrected chi connectivity index (χ1v) is 9.64. The quantitative estimate of drug-likeness (QED) is 0.831. The van der Waals surface area contributed by atoms with E-state index in [2.05, 4.69) is 43.0 Å². The van der Waals surface area contributed by atoms with Crippen molar-refractivity contribution in [1.82, 2.24) is 15.1 Å². The first-order valence-electron chi connectivity index (χ1n) is 7.83. The Kier molecular flexibility index (Phi) is 4.67. The zero-order valence-electron chi connectivity index (χ0n) is 14.1. The van der Waals surface area contributed by atoms with Gasteiger partial charge in [0.05, 0.1) is 14.8 Å². The number of thioether (sulfide) groups is 1. The van der Waals surface area contributed by atoms with E-state index in [0.29, 0.717) is 12.2 Å². The molecule has 0 aromatic carbocycles. The predicted octanol–water partition coefficient (Wildman–Crippen LogP) is 3.95. The van der Waals surface area contributed by atoms with Gasteiger partial charge in [-0.2, -0.15) is 5.10 Å². The summed E-state index contributed by atoms with van der Waals surface area (Å²) >= 11 is 3.55. The van der Waals surface area contributed by atoms with Crippen LogP contribution in [0.4, 0.5) is 0 Å². The fraction of sp³-hybridized carbons (Fsp3) is 0.529. The first kappa shape index (κ1) is 16.7. The van der Waals surface area contributed by atoms with E-state index in [1.807, 2.05) is 17.8 Å². The molecule has 0 atom stereocenters. The molecule has 0 spiro atoms. The third kappa shape index (κ3) is 3.54. The van der Waals surface area contributed by atoms with Crippen LogP contribution in [0.3, 0.4) is 0 Å². The molecule has 6 heteroatoms. The summed E-state index contributed by atoms with van der Waals surface area (Å²) in [4.78, 5) is 16.1. The zero-order valence-corrected chi connectivity index (χ0v) is 15.7. The molecule has 23 heavy (non-hydrogen) atoms. The maximum atomic E-state index is 12.8. The van der Waals surface area contributed by atoms with Crippen LogP contribution in [-0.2, 0) is 6.42 Å². The largest absolute Gasteiger partial charge is 0.309 e. The molecule has 4 nitrogen and oxygen atoms in total. The number of rotatable bonds is 5. The molecule has 2 aromatic rings. The number of carbonyl (C=O) groups is 1. The van der Waals surface area contributed by atoms with E-state index >= 15 is 0 Å². The molecule has 1 N–H and O–H groups in total. The minimum atomic E-state index is 0.0332. The normalized spacial score (nSPS) is 16.8. The van der Waals surface area contributed by atoms with Crippen molar-refractivity contribution < 1.29 is 4.79 Å². The fourth-order valence-electron chi connectivity index (χ4n) is 2.98. The van der Waals surface area contributed by atoms with Crippen molar-refractivity contribution in [3.63, 3.8) is 0 Å². The Balaban J connectivity index is 2.00. The summed E-state index contributed by atoms with van der Waals surface area (Å²) in [6, 6.07) is 1.99. The second-order valence-corrected chi connectivity index (χ2v) is 9.52. The number of aromatic nitrogens is 2. The minimum absolute atomic E-state index is 0.0332. The molecule has 0 saturated carbocycles. The van der Waals surface area contributed by atoms with Crippen LogP contribution in [-0.4, -0.2) is 47.3 Å². The highest BCUT2D eigenvalue weighted by molar-refractivity contribution is 8.01. The molecule has 0 radical (unpaired) electrons. The van der Waals surface area contributed by atoms with Crippen LogP contribution in [0.2, 0.25) is 0 Å². The van der Waals surface area contributed by atoms with Gasteiger partial charge in [0.1, 0.15) is 0 Å². The van der Waals surface area contributed by atoms with E-state index in [-0.39, 0.29) is 5.41 Å². The van der Waals surface area contributed by atoms with E-state index < -0.39 is 0 Å². The molecule has 0 aliphatic heterocycles. The Morgan fingerprint density at radius 1 is 1.39 bits per heavy atom. The lowest BCUT2D eigenvalue weighted by atomic mass is 9.74. The fourth-order valence-corrected chi connectivity index (χ4v) is 5.78. The summed E-state index contributed by atoms with van der Waals surface area (Å²) in [5.41, 5.74) is 3.25. The molecule has 0 saturated heterocycles. The van der Waals surface area contributed by atoms with Gasteiger partial charge in [-0.1, -0.05) is 13.8 Å². The number of H-pyrrole nitrogens is 1. The highest BCUT2D eigenvalue weighted by Gasteiger charge is 2.36. The molecule has 3 rings (SSSR count). The summed E-state index contributed by atoms with van der Waals surface area (Å²) in [5, 5.41) is 7.15. The van der Waals surface area contributed by atoms with Crippen molar-refractivity contribution in [2.75, 3.05) is 26.4 Å². The average Bonchev–Trinajstić information content (AvgIpc) is 3.04. The lowest BCUT2D eigenvalue weighted by Gasteiger charge is -2.29. The number of Topliss-reactive ketones (excluding diaryl/α,β-unsaturated/α-hetero) is 1. The Hall–Kier alpha value is -1.11. The highest BCUT2D eigenvalue weighted by atomic mass is 32.2. The summed E-state index contributed by atoms with van der Waals surface area (Å²) in [7, 11) is 4.16. The van der Waals surface area contributed by atoms with Crippen molar-refractivity contribution in [2.24, 2.45) is 5.41 Å². The van der Waals surface area contributed by atoms with Gasteiger partial charge in [-0.05, 0) is 37.6 Å². The molecular weight excluding hydrogens is 326 g/mol. The predicted molar refractivity (Wildman–Crippen MR) is 97.6 cm³/mol. The lowest BCUT2D eigenvalue weighted by Crippen LogP contribution is -2.26. The zero-order chi connectivity index (χ0) is 16.6. The second-order valence-electron chi connectivity index (χ2n) is 7.14. The van der Waals surface area contributed by atoms with Gasteiger partial charge in [0.15, 0.2) is 5.78 Å². The Morgan fingerprint density at radius 2 is 2.17 bits per heavy atom. The van der Waals surface area contributed by atoms with E-state index in [9.17, 15) is 4.79 Å². The van der Waals surface area contributed by atoms with Gasteiger partial charge in [-0.25, -0.2) is 0 Å². The number of carbonyl (C=O) groups excluding carboxylic acids is 1. The van der Waals surface area contributed by atoms with Crippen LogP contribution in [0.15, 0.2) is 16.5 Å². The number of hydrogen-bond acceptors (Lipinski definition) is 5. The van der Waals surface area contributed by atoms with Gasteiger partial charge < -0.3 is 4.90 Å². The van der Waals surface area contributed by atoms with Crippen LogP contribution in [0.5, 0.6) is 0 Å². The van der Waals surface area contributed by atoms with Gasteiger partial charge in [-0.15, -0.1) is 23.1 Å². The van der Waals surface area contributed by atoms with E-state index in [0.717, 1.165) is 30.0 Å². The number of fused-ring (bicyclic) bond motifs is 1. The molecular formula is C17H23N3OS2. The van der Waals surface area contributed by atoms with E-state index in [1.165, 1.54) is 14.6 Å². The summed E-state index contributed by atoms with van der Waals surface area (Å²) in [6.07, 6.45) is 3.36. The maximum absolute atomic E-state index is 12.8. The van der Waals surface area contributed by atoms with Crippen molar-refractivity contribution in [2.45, 2.75) is 30.9 Å². The third-order valence-corrected chi connectivity index (χ3v) is 6.58. The van der Waals surface area contributed by atoms with Gasteiger partial charge in [0, 0.05) is 30.5 Å². The molecule has 0 bridgehead atoms. The van der Waals surface area contributed by atoms with Crippen LogP contribution < -0.4 is 0 Å². The molecule has 0 fully saturated rings. The molecule has 124 valence electrons. The monoisotopic (exact) mass is 349 g/mol. The molecule has 1 aliphatic carbocycles. The number of nitrogens with zero attached hydrogens (tertiary/aromatic N) is 2. The van der Waals surface area contributed by atoms with Crippen LogP contribution in [0, 0.1) is 5.41 Å². The summed E-state index contributed by atoms with van der Waals surface area (Å²) in [6.45, 7) is 5.37. The third-order valence-electron chi connectivity index (χ3n) is 4.07. The number of hydrogen-bond donors (Lipinski definition) is 1. The first-order chi connectivity index (χ1) is 10.9. The SMILES string of the molecule is CN(C)CCSc1sc(-c2ccn[nH]2)c2c1C(=O)CC(C)(C)C2. The maximum Gasteiger partial charge on any atom is 0.165 e. The number of ketones is 1. The van der Waals surface area contributed by atoms with Crippen molar-refractivity contribution >= 4 is 28.9 Å². The average molecular weight is 350 g/mol. The van der Waals surface area contributed by atoms with Crippen LogP contribution in [0.25, 0.3) is 10.6 Å². The summed E-state index contributed by atoms with van der Waals surface area (Å²) in [5.74, 6) is 1.30. The molecule has 0 unspecified atom stereocenters. The Labute approximate surface area is 145 Å². The number of thiophene rings is 1. The van der Waals surface area contributed by atoms with Crippen molar-refractivity contribution in [3.05, 3.63) is 23.4 Å².